The molecule has 1 amide bonds. The summed E-state index contributed by atoms with van der Waals surface area (Å²) in [6.45, 7) is 5.49. The van der Waals surface area contributed by atoms with Crippen LogP contribution in [0.5, 0.6) is 0 Å². The summed E-state index contributed by atoms with van der Waals surface area (Å²) in [7, 11) is 1.84. The molecule has 0 bridgehead atoms. The number of hydrogen-bond acceptors (Lipinski definition) is 4. The number of aliphatic hydroxyl groups is 1. The van der Waals surface area contributed by atoms with Crippen molar-refractivity contribution in [3.63, 3.8) is 0 Å². The molecule has 2 atom stereocenters. The zero-order valence-electron chi connectivity index (χ0n) is 31.1. The van der Waals surface area contributed by atoms with Gasteiger partial charge in [0, 0.05) is 13.0 Å². The normalized spacial score (nSPS) is 13.9. The SMILES string of the molecule is CCCCCCCC/C=C\CCCCCCCC(=O)C(O)C[N+](C)(CCN)C(=O)CCCCCCC/C=C\CCCCCCCC. The van der Waals surface area contributed by atoms with Gasteiger partial charge in [-0.15, -0.1) is 0 Å². The molecule has 270 valence electrons. The third kappa shape index (κ3) is 27.8. The fraction of sp³-hybridized carbons (Fsp3) is 0.854. The van der Waals surface area contributed by atoms with Gasteiger partial charge in [0.25, 0.3) is 0 Å². The van der Waals surface area contributed by atoms with Gasteiger partial charge in [-0.3, -0.25) is 9.28 Å². The van der Waals surface area contributed by atoms with Crippen molar-refractivity contribution in [1.29, 1.82) is 0 Å². The molecule has 46 heavy (non-hydrogen) atoms. The molecule has 0 spiro atoms. The van der Waals surface area contributed by atoms with E-state index in [9.17, 15) is 14.7 Å². The zero-order valence-corrected chi connectivity index (χ0v) is 31.1. The fourth-order valence-corrected chi connectivity index (χ4v) is 6.24. The molecule has 0 saturated heterocycles. The third-order valence-electron chi connectivity index (χ3n) is 9.51. The Morgan fingerprint density at radius 3 is 1.30 bits per heavy atom. The minimum atomic E-state index is -1.09. The second-order valence-corrected chi connectivity index (χ2v) is 14.1. The summed E-state index contributed by atoms with van der Waals surface area (Å²) in [5, 5.41) is 10.7. The standard InChI is InChI=1S/C41H79N2O3/c1-4-6-8-10-12-14-16-18-20-22-24-26-28-30-32-34-39(44)40(45)38-43(3,37-36-42)41(46)35-33-31-29-27-25-23-21-19-17-15-13-11-9-7-5-2/h18-21,40,45H,4-17,22-38,42H2,1-3H3/q+1/b20-18-,21-19-. The van der Waals surface area contributed by atoms with Crippen molar-refractivity contribution in [2.75, 3.05) is 26.7 Å². The van der Waals surface area contributed by atoms with Crippen molar-refractivity contribution < 1.29 is 19.2 Å². The molecule has 0 aliphatic rings. The molecular formula is C41H79N2O3+. The lowest BCUT2D eigenvalue weighted by Gasteiger charge is -2.33. The van der Waals surface area contributed by atoms with Crippen LogP contribution in [0.2, 0.25) is 0 Å². The topological polar surface area (TPSA) is 80.4 Å². The highest BCUT2D eigenvalue weighted by Gasteiger charge is 2.35. The first-order valence-corrected chi connectivity index (χ1v) is 20.0. The second-order valence-electron chi connectivity index (χ2n) is 14.1. The van der Waals surface area contributed by atoms with Crippen molar-refractivity contribution in [2.24, 2.45) is 5.73 Å². The number of carbonyl (C=O) groups excluding carboxylic acids is 2. The van der Waals surface area contributed by atoms with Crippen molar-refractivity contribution in [3.05, 3.63) is 24.3 Å². The predicted molar refractivity (Wildman–Crippen MR) is 200 cm³/mol. The van der Waals surface area contributed by atoms with Gasteiger partial charge in [0.05, 0.1) is 20.0 Å². The number of quaternary nitrogens is 1. The number of amides is 1. The quantitative estimate of drug-likeness (QED) is 0.0407. The van der Waals surface area contributed by atoms with E-state index in [-0.39, 0.29) is 22.7 Å². The number of aliphatic hydroxyl groups excluding tert-OH is 1. The maximum absolute atomic E-state index is 13.1. The molecule has 2 unspecified atom stereocenters. The van der Waals surface area contributed by atoms with Crippen LogP contribution in [-0.2, 0) is 9.59 Å². The van der Waals surface area contributed by atoms with Gasteiger partial charge in [0.15, 0.2) is 11.9 Å². The van der Waals surface area contributed by atoms with Crippen LogP contribution in [0.3, 0.4) is 0 Å². The van der Waals surface area contributed by atoms with Crippen LogP contribution in [-0.4, -0.2) is 54.1 Å². The summed E-state index contributed by atoms with van der Waals surface area (Å²) in [5.74, 6) is -0.0382. The minimum absolute atomic E-state index is 0.0547. The molecule has 0 rings (SSSR count). The average Bonchev–Trinajstić information content (AvgIpc) is 3.04. The number of unbranched alkanes of at least 4 members (excludes halogenated alkanes) is 22. The highest BCUT2D eigenvalue weighted by molar-refractivity contribution is 5.83. The lowest BCUT2D eigenvalue weighted by molar-refractivity contribution is -0.835. The number of ketones is 1. The molecule has 0 aromatic heterocycles. The van der Waals surface area contributed by atoms with E-state index >= 15 is 0 Å². The predicted octanol–water partition coefficient (Wildman–Crippen LogP) is 10.9. The van der Waals surface area contributed by atoms with E-state index in [4.69, 9.17) is 5.73 Å². The van der Waals surface area contributed by atoms with Crippen LogP contribution in [0.1, 0.15) is 194 Å². The van der Waals surface area contributed by atoms with Crippen LogP contribution in [0, 0.1) is 0 Å². The van der Waals surface area contributed by atoms with E-state index in [1.54, 1.807) is 0 Å². The van der Waals surface area contributed by atoms with Gasteiger partial charge in [0.2, 0.25) is 0 Å². The van der Waals surface area contributed by atoms with E-state index in [2.05, 4.69) is 38.2 Å². The Hall–Kier alpha value is -1.30. The second kappa shape index (κ2) is 33.6. The van der Waals surface area contributed by atoms with E-state index in [0.717, 1.165) is 51.4 Å². The summed E-state index contributed by atoms with van der Waals surface area (Å²) in [5.41, 5.74) is 5.84. The van der Waals surface area contributed by atoms with Crippen molar-refractivity contribution in [1.82, 2.24) is 0 Å². The first-order valence-electron chi connectivity index (χ1n) is 20.0. The molecule has 0 aromatic carbocycles. The first-order chi connectivity index (χ1) is 22.4. The molecule has 0 heterocycles. The Morgan fingerprint density at radius 1 is 0.565 bits per heavy atom. The molecule has 3 N–H and O–H groups in total. The minimum Gasteiger partial charge on any atom is -0.380 e. The number of allylic oxidation sites excluding steroid dienone is 4. The molecule has 0 fully saturated rings. The van der Waals surface area contributed by atoms with Gasteiger partial charge in [-0.2, -0.15) is 0 Å². The van der Waals surface area contributed by atoms with Crippen LogP contribution in [0.25, 0.3) is 0 Å². The summed E-state index contributed by atoms with van der Waals surface area (Å²) in [4.78, 5) is 25.8. The summed E-state index contributed by atoms with van der Waals surface area (Å²) < 4.78 is 0.0547. The van der Waals surface area contributed by atoms with Crippen LogP contribution in [0.4, 0.5) is 0 Å². The Balaban J connectivity index is 3.97. The number of likely N-dealkylation sites (N-methyl/N-ethyl adjacent to an activating group) is 1. The summed E-state index contributed by atoms with van der Waals surface area (Å²) in [6, 6.07) is 0. The Labute approximate surface area is 286 Å². The number of hydrogen-bond donors (Lipinski definition) is 2. The number of nitrogens with zero attached hydrogens (tertiary/aromatic N) is 1. The third-order valence-corrected chi connectivity index (χ3v) is 9.51. The average molecular weight is 648 g/mol. The summed E-state index contributed by atoms with van der Waals surface area (Å²) in [6.07, 6.45) is 41.0. The van der Waals surface area contributed by atoms with E-state index in [1.165, 1.54) is 116 Å². The number of nitrogens with two attached hydrogens (primary N) is 1. The van der Waals surface area contributed by atoms with Crippen LogP contribution in [0.15, 0.2) is 24.3 Å². The van der Waals surface area contributed by atoms with Crippen molar-refractivity contribution in [3.8, 4) is 0 Å². The first kappa shape index (κ1) is 44.7. The van der Waals surface area contributed by atoms with E-state index in [0.29, 0.717) is 25.9 Å². The number of carbonyl (C=O) groups is 2. The monoisotopic (exact) mass is 648 g/mol. The summed E-state index contributed by atoms with van der Waals surface area (Å²) >= 11 is 0. The van der Waals surface area contributed by atoms with E-state index < -0.39 is 6.10 Å². The Morgan fingerprint density at radius 2 is 0.913 bits per heavy atom. The van der Waals surface area contributed by atoms with Gasteiger partial charge in [0.1, 0.15) is 6.54 Å². The molecule has 0 aliphatic carbocycles. The van der Waals surface area contributed by atoms with Gasteiger partial charge < -0.3 is 10.8 Å². The van der Waals surface area contributed by atoms with Gasteiger partial charge in [-0.1, -0.05) is 141 Å². The Bertz CT molecular complexity index is 750. The van der Waals surface area contributed by atoms with Crippen molar-refractivity contribution in [2.45, 2.75) is 200 Å². The zero-order chi connectivity index (χ0) is 34.0. The van der Waals surface area contributed by atoms with Crippen LogP contribution < -0.4 is 5.73 Å². The van der Waals surface area contributed by atoms with Crippen molar-refractivity contribution >= 4 is 11.7 Å². The fourth-order valence-electron chi connectivity index (χ4n) is 6.24. The molecule has 0 aliphatic heterocycles. The maximum atomic E-state index is 13.1. The molecule has 5 heteroatoms. The largest absolute Gasteiger partial charge is 0.380 e. The molecule has 0 saturated carbocycles. The van der Waals surface area contributed by atoms with Gasteiger partial charge in [-0.25, -0.2) is 4.79 Å². The molecule has 5 nitrogen and oxygen atoms in total. The van der Waals surface area contributed by atoms with E-state index in [1.807, 2.05) is 7.05 Å². The highest BCUT2D eigenvalue weighted by Crippen LogP contribution is 2.16. The number of Topliss-reactive ketones (excluding diaryl/α,β-unsaturated/α-hetero) is 1. The Kier molecular flexibility index (Phi) is 32.6. The van der Waals surface area contributed by atoms with Crippen LogP contribution >= 0.6 is 0 Å². The lowest BCUT2D eigenvalue weighted by Crippen LogP contribution is -2.56. The number of rotatable bonds is 35. The highest BCUT2D eigenvalue weighted by atomic mass is 16.3. The molecule has 0 radical (unpaired) electrons. The molecule has 0 aromatic rings. The van der Waals surface area contributed by atoms with Gasteiger partial charge >= 0.3 is 5.91 Å². The lowest BCUT2D eigenvalue weighted by atomic mass is 10.0. The maximum Gasteiger partial charge on any atom is 0.313 e. The van der Waals surface area contributed by atoms with Gasteiger partial charge in [-0.05, 0) is 64.2 Å². The smallest absolute Gasteiger partial charge is 0.313 e. The molecular weight excluding hydrogens is 568 g/mol.